The Hall–Kier alpha value is -2.11. The summed E-state index contributed by atoms with van der Waals surface area (Å²) in [5, 5.41) is 8.73. The van der Waals surface area contributed by atoms with Gasteiger partial charge in [0.15, 0.2) is 0 Å². The van der Waals surface area contributed by atoms with Crippen LogP contribution in [0, 0.1) is 0 Å². The molecule has 0 radical (unpaired) electrons. The molecular formula is C13H14FNO4. The number of hydrogen-bond acceptors (Lipinski definition) is 3. The number of hydrogen-bond donors (Lipinski definition) is 1. The normalized spacial score (nSPS) is 22.3. The summed E-state index contributed by atoms with van der Waals surface area (Å²) in [5.41, 5.74) is -1.54. The highest BCUT2D eigenvalue weighted by molar-refractivity contribution is 5.80. The lowest BCUT2D eigenvalue weighted by atomic mass is 10.1. The molecule has 19 heavy (non-hydrogen) atoms. The quantitative estimate of drug-likeness (QED) is 0.907. The van der Waals surface area contributed by atoms with Gasteiger partial charge in [0.1, 0.15) is 6.61 Å². The Bertz CT molecular complexity index is 479. The molecule has 1 amide bonds. The van der Waals surface area contributed by atoms with Crippen LogP contribution in [-0.2, 0) is 16.1 Å². The van der Waals surface area contributed by atoms with Crippen molar-refractivity contribution < 1.29 is 23.8 Å². The minimum atomic E-state index is -2.36. The van der Waals surface area contributed by atoms with E-state index in [1.807, 2.05) is 18.2 Å². The van der Waals surface area contributed by atoms with E-state index in [2.05, 4.69) is 0 Å². The number of amides is 1. The maximum Gasteiger partial charge on any atom is 0.410 e. The Morgan fingerprint density at radius 3 is 2.63 bits per heavy atom. The lowest BCUT2D eigenvalue weighted by molar-refractivity contribution is -0.149. The average molecular weight is 267 g/mol. The predicted molar refractivity (Wildman–Crippen MR) is 64.3 cm³/mol. The van der Waals surface area contributed by atoms with Gasteiger partial charge in [0.25, 0.3) is 0 Å². The van der Waals surface area contributed by atoms with Crippen LogP contribution in [0.15, 0.2) is 30.3 Å². The highest BCUT2D eigenvalue weighted by atomic mass is 19.1. The fourth-order valence-corrected chi connectivity index (χ4v) is 1.91. The summed E-state index contributed by atoms with van der Waals surface area (Å²) in [6.07, 6.45) is -0.896. The van der Waals surface area contributed by atoms with Crippen molar-refractivity contribution in [2.75, 3.05) is 13.1 Å². The number of ether oxygens (including phenoxy) is 1. The van der Waals surface area contributed by atoms with E-state index < -0.39 is 24.3 Å². The zero-order chi connectivity index (χ0) is 13.9. The first-order chi connectivity index (χ1) is 9.01. The standard InChI is InChI=1S/C13H14FNO4/c14-13(11(16)17)6-7-15(9-13)12(18)19-8-10-4-2-1-3-5-10/h1-5H,6-9H2,(H,16,17)/t13-/m0/s1. The SMILES string of the molecule is O=C(OCc1ccccc1)N1CC[C@@](F)(C(=O)O)C1. The second-order valence-corrected chi connectivity index (χ2v) is 4.48. The van der Waals surface area contributed by atoms with Gasteiger partial charge in [-0.15, -0.1) is 0 Å². The number of aliphatic carboxylic acids is 1. The van der Waals surface area contributed by atoms with E-state index in [9.17, 15) is 14.0 Å². The molecule has 0 saturated carbocycles. The molecule has 1 saturated heterocycles. The third-order valence-corrected chi connectivity index (χ3v) is 3.07. The Kier molecular flexibility index (Phi) is 3.69. The van der Waals surface area contributed by atoms with Crippen molar-refractivity contribution in [2.45, 2.75) is 18.7 Å². The molecule has 2 rings (SSSR count). The summed E-state index contributed by atoms with van der Waals surface area (Å²) in [6.45, 7) is -0.324. The lowest BCUT2D eigenvalue weighted by Gasteiger charge is -2.17. The molecule has 1 aliphatic rings. The third kappa shape index (κ3) is 3.01. The Morgan fingerprint density at radius 1 is 1.37 bits per heavy atom. The molecule has 1 aromatic carbocycles. The van der Waals surface area contributed by atoms with Crippen molar-refractivity contribution >= 4 is 12.1 Å². The molecule has 0 spiro atoms. The molecule has 0 unspecified atom stereocenters. The van der Waals surface area contributed by atoms with Gasteiger partial charge in [-0.1, -0.05) is 30.3 Å². The monoisotopic (exact) mass is 267 g/mol. The maximum absolute atomic E-state index is 13.8. The van der Waals surface area contributed by atoms with E-state index in [1.165, 1.54) is 0 Å². The van der Waals surface area contributed by atoms with Gasteiger partial charge in [-0.25, -0.2) is 14.0 Å². The number of carboxylic acids is 1. The van der Waals surface area contributed by atoms with Crippen LogP contribution in [-0.4, -0.2) is 40.8 Å². The summed E-state index contributed by atoms with van der Waals surface area (Å²) >= 11 is 0. The molecule has 0 aliphatic carbocycles. The second kappa shape index (κ2) is 5.26. The largest absolute Gasteiger partial charge is 0.479 e. The fraction of sp³-hybridized carbons (Fsp3) is 0.385. The zero-order valence-corrected chi connectivity index (χ0v) is 10.2. The van der Waals surface area contributed by atoms with Gasteiger partial charge < -0.3 is 14.7 Å². The van der Waals surface area contributed by atoms with Gasteiger partial charge in [0.2, 0.25) is 5.67 Å². The first-order valence-corrected chi connectivity index (χ1v) is 5.89. The number of benzene rings is 1. The fourth-order valence-electron chi connectivity index (χ4n) is 1.91. The lowest BCUT2D eigenvalue weighted by Crippen LogP contribution is -2.39. The van der Waals surface area contributed by atoms with E-state index >= 15 is 0 Å². The number of alkyl halides is 1. The Balaban J connectivity index is 1.87. The van der Waals surface area contributed by atoms with Crippen LogP contribution in [0.3, 0.4) is 0 Å². The first kappa shape index (κ1) is 13.3. The third-order valence-electron chi connectivity index (χ3n) is 3.07. The van der Waals surface area contributed by atoms with Crippen LogP contribution in [0.4, 0.5) is 9.18 Å². The van der Waals surface area contributed by atoms with Crippen LogP contribution in [0.5, 0.6) is 0 Å². The number of carbonyl (C=O) groups excluding carboxylic acids is 1. The topological polar surface area (TPSA) is 66.8 Å². The van der Waals surface area contributed by atoms with E-state index in [-0.39, 0.29) is 19.6 Å². The highest BCUT2D eigenvalue weighted by Gasteiger charge is 2.47. The smallest absolute Gasteiger partial charge is 0.410 e. The molecule has 1 N–H and O–H groups in total. The predicted octanol–water partition coefficient (Wildman–Crippen LogP) is 1.82. The molecule has 6 heteroatoms. The minimum Gasteiger partial charge on any atom is -0.479 e. The average Bonchev–Trinajstić information content (AvgIpc) is 2.81. The Labute approximate surface area is 109 Å². The van der Waals surface area contributed by atoms with Crippen molar-refractivity contribution in [2.24, 2.45) is 0 Å². The summed E-state index contributed by atoms with van der Waals surface area (Å²) in [5.74, 6) is -1.54. The number of carbonyl (C=O) groups is 2. The molecule has 1 atom stereocenters. The van der Waals surface area contributed by atoms with Gasteiger partial charge in [-0.3, -0.25) is 0 Å². The minimum absolute atomic E-state index is 0.0520. The zero-order valence-electron chi connectivity index (χ0n) is 10.2. The van der Waals surface area contributed by atoms with Gasteiger partial charge in [-0.05, 0) is 5.56 Å². The summed E-state index contributed by atoms with van der Waals surface area (Å²) < 4.78 is 18.8. The summed E-state index contributed by atoms with van der Waals surface area (Å²) in [7, 11) is 0. The molecular weight excluding hydrogens is 253 g/mol. The second-order valence-electron chi connectivity index (χ2n) is 4.48. The first-order valence-electron chi connectivity index (χ1n) is 5.89. The number of halogens is 1. The van der Waals surface area contributed by atoms with Crippen LogP contribution in [0.25, 0.3) is 0 Å². The van der Waals surface area contributed by atoms with Crippen molar-refractivity contribution in [1.29, 1.82) is 0 Å². The van der Waals surface area contributed by atoms with Crippen molar-refractivity contribution in [3.63, 3.8) is 0 Å². The van der Waals surface area contributed by atoms with Crippen molar-refractivity contribution in [3.8, 4) is 0 Å². The molecule has 5 nitrogen and oxygen atoms in total. The van der Waals surface area contributed by atoms with Crippen LogP contribution >= 0.6 is 0 Å². The van der Waals surface area contributed by atoms with Crippen LogP contribution < -0.4 is 0 Å². The molecule has 0 aromatic heterocycles. The molecule has 1 aliphatic heterocycles. The van der Waals surface area contributed by atoms with E-state index in [1.54, 1.807) is 12.1 Å². The van der Waals surface area contributed by atoms with Gasteiger partial charge in [0, 0.05) is 13.0 Å². The van der Waals surface area contributed by atoms with E-state index in [0.717, 1.165) is 10.5 Å². The van der Waals surface area contributed by atoms with Gasteiger partial charge in [0.05, 0.1) is 6.54 Å². The van der Waals surface area contributed by atoms with E-state index in [0.29, 0.717) is 0 Å². The molecule has 1 fully saturated rings. The highest BCUT2D eigenvalue weighted by Crippen LogP contribution is 2.26. The molecule has 1 aromatic rings. The number of carboxylic acid groups (broad SMARTS) is 1. The van der Waals surface area contributed by atoms with Gasteiger partial charge in [-0.2, -0.15) is 0 Å². The van der Waals surface area contributed by atoms with Crippen LogP contribution in [0.1, 0.15) is 12.0 Å². The van der Waals surface area contributed by atoms with Gasteiger partial charge >= 0.3 is 12.1 Å². The Morgan fingerprint density at radius 2 is 2.05 bits per heavy atom. The summed E-state index contributed by atoms with van der Waals surface area (Å²) in [4.78, 5) is 23.5. The maximum atomic E-state index is 13.8. The number of likely N-dealkylation sites (tertiary alicyclic amines) is 1. The summed E-state index contributed by atoms with van der Waals surface area (Å²) in [6, 6.07) is 9.07. The number of rotatable bonds is 3. The van der Waals surface area contributed by atoms with Crippen LogP contribution in [0.2, 0.25) is 0 Å². The number of nitrogens with zero attached hydrogens (tertiary/aromatic N) is 1. The molecule has 0 bridgehead atoms. The van der Waals surface area contributed by atoms with Crippen molar-refractivity contribution in [3.05, 3.63) is 35.9 Å². The molecule has 102 valence electrons. The molecule has 1 heterocycles. The van der Waals surface area contributed by atoms with E-state index in [4.69, 9.17) is 9.84 Å². The van der Waals surface area contributed by atoms with Crippen molar-refractivity contribution in [1.82, 2.24) is 4.90 Å².